The second-order valence-electron chi connectivity index (χ2n) is 5.13. The van der Waals surface area contributed by atoms with Gasteiger partial charge in [0, 0.05) is 0 Å². The number of pyridine rings is 1. The second-order valence-corrected chi connectivity index (χ2v) is 5.13. The Morgan fingerprint density at radius 2 is 2.05 bits per heavy atom. The molecule has 8 nitrogen and oxygen atoms in total. The van der Waals surface area contributed by atoms with Crippen LogP contribution in [0.5, 0.6) is 0 Å². The van der Waals surface area contributed by atoms with E-state index in [2.05, 4.69) is 15.6 Å². The van der Waals surface area contributed by atoms with Crippen molar-refractivity contribution >= 4 is 29.4 Å². The molecule has 1 aromatic heterocycles. The van der Waals surface area contributed by atoms with Crippen molar-refractivity contribution in [1.29, 1.82) is 0 Å². The third-order valence-electron chi connectivity index (χ3n) is 3.82. The highest BCUT2D eigenvalue weighted by Gasteiger charge is 2.49. The number of nitrogen functional groups attached to an aromatic ring is 1. The number of hydrogen-bond acceptors (Lipinski definition) is 5. The molecular formula is C14H19N5O3. The summed E-state index contributed by atoms with van der Waals surface area (Å²) in [5.74, 6) is -0.506. The zero-order valence-corrected chi connectivity index (χ0v) is 12.5. The average Bonchev–Trinajstić information content (AvgIpc) is 2.74. The van der Waals surface area contributed by atoms with Crippen LogP contribution in [0.3, 0.4) is 0 Å². The van der Waals surface area contributed by atoms with Crippen LogP contribution in [0, 0.1) is 0 Å². The van der Waals surface area contributed by atoms with E-state index >= 15 is 0 Å². The topological polar surface area (TPSA) is 117 Å². The Morgan fingerprint density at radius 1 is 1.36 bits per heavy atom. The lowest BCUT2D eigenvalue weighted by atomic mass is 9.93. The smallest absolute Gasteiger partial charge is 0.325 e. The van der Waals surface area contributed by atoms with Crippen LogP contribution >= 0.6 is 0 Å². The van der Waals surface area contributed by atoms with Gasteiger partial charge in [0.25, 0.3) is 5.91 Å². The number of imide groups is 1. The van der Waals surface area contributed by atoms with E-state index in [1.807, 2.05) is 13.8 Å². The first-order chi connectivity index (χ1) is 10.4. The number of anilines is 2. The largest absolute Gasteiger partial charge is 0.384 e. The van der Waals surface area contributed by atoms with Gasteiger partial charge in [-0.25, -0.2) is 9.78 Å². The van der Waals surface area contributed by atoms with Gasteiger partial charge in [0.2, 0.25) is 5.91 Å². The van der Waals surface area contributed by atoms with Crippen LogP contribution in [0.4, 0.5) is 16.3 Å². The van der Waals surface area contributed by atoms with Crippen LogP contribution in [0.2, 0.25) is 0 Å². The van der Waals surface area contributed by atoms with E-state index in [1.54, 1.807) is 12.1 Å². The molecule has 0 saturated carbocycles. The first-order valence-electron chi connectivity index (χ1n) is 7.07. The highest BCUT2D eigenvalue weighted by Crippen LogP contribution is 2.24. The summed E-state index contributed by atoms with van der Waals surface area (Å²) in [5, 5.41) is 5.24. The number of rotatable bonds is 5. The number of nitrogens with zero attached hydrogens (tertiary/aromatic N) is 2. The Kier molecular flexibility index (Phi) is 4.30. The van der Waals surface area contributed by atoms with Crippen LogP contribution in [0.15, 0.2) is 18.3 Å². The zero-order chi connectivity index (χ0) is 16.3. The molecule has 1 fully saturated rings. The number of nitrogens with two attached hydrogens (primary N) is 1. The normalized spacial score (nSPS) is 16.5. The van der Waals surface area contributed by atoms with Crippen molar-refractivity contribution < 1.29 is 14.4 Å². The van der Waals surface area contributed by atoms with Crippen LogP contribution in [-0.4, -0.2) is 39.8 Å². The zero-order valence-electron chi connectivity index (χ0n) is 12.5. The lowest BCUT2D eigenvalue weighted by Crippen LogP contribution is -2.46. The molecule has 4 amide bonds. The van der Waals surface area contributed by atoms with Crippen LogP contribution in [0.25, 0.3) is 0 Å². The van der Waals surface area contributed by atoms with Crippen molar-refractivity contribution in [1.82, 2.24) is 15.2 Å². The van der Waals surface area contributed by atoms with Crippen LogP contribution in [0.1, 0.15) is 26.7 Å². The van der Waals surface area contributed by atoms with E-state index in [4.69, 9.17) is 5.73 Å². The van der Waals surface area contributed by atoms with Crippen molar-refractivity contribution in [3.63, 3.8) is 0 Å². The quantitative estimate of drug-likeness (QED) is 0.693. The number of hydrogen-bond donors (Lipinski definition) is 3. The Bertz CT molecular complexity index is 595. The summed E-state index contributed by atoms with van der Waals surface area (Å²) >= 11 is 0. The lowest BCUT2D eigenvalue weighted by molar-refractivity contribution is -0.134. The Morgan fingerprint density at radius 3 is 2.55 bits per heavy atom. The van der Waals surface area contributed by atoms with E-state index in [0.29, 0.717) is 24.3 Å². The minimum atomic E-state index is -0.903. The van der Waals surface area contributed by atoms with E-state index < -0.39 is 17.5 Å². The molecule has 4 N–H and O–H groups in total. The summed E-state index contributed by atoms with van der Waals surface area (Å²) in [6.45, 7) is 3.31. The van der Waals surface area contributed by atoms with Gasteiger partial charge in [0.1, 0.15) is 17.9 Å². The van der Waals surface area contributed by atoms with Crippen molar-refractivity contribution in [3.8, 4) is 0 Å². The van der Waals surface area contributed by atoms with Gasteiger partial charge in [-0.1, -0.05) is 13.8 Å². The molecule has 1 aliphatic heterocycles. The number of carbonyl (C=O) groups is 3. The maximum Gasteiger partial charge on any atom is 0.325 e. The molecular weight excluding hydrogens is 286 g/mol. The fourth-order valence-corrected chi connectivity index (χ4v) is 2.37. The summed E-state index contributed by atoms with van der Waals surface area (Å²) < 4.78 is 0. The molecule has 2 heterocycles. The molecule has 1 aromatic rings. The molecule has 0 aliphatic carbocycles. The highest BCUT2D eigenvalue weighted by molar-refractivity contribution is 6.10. The molecule has 8 heteroatoms. The van der Waals surface area contributed by atoms with Crippen molar-refractivity contribution in [2.45, 2.75) is 32.2 Å². The molecule has 1 saturated heterocycles. The molecule has 0 unspecified atom stereocenters. The minimum Gasteiger partial charge on any atom is -0.384 e. The first-order valence-corrected chi connectivity index (χ1v) is 7.07. The predicted molar refractivity (Wildman–Crippen MR) is 80.8 cm³/mol. The first kappa shape index (κ1) is 15.7. The number of carbonyl (C=O) groups excluding carboxylic acids is 3. The molecule has 0 radical (unpaired) electrons. The fourth-order valence-electron chi connectivity index (χ4n) is 2.37. The standard InChI is InChI=1S/C14H19N5O3/c1-3-14(4-2)12(21)19(13(22)18-14)8-11(20)17-9-5-6-10(15)16-7-9/h5-7H,3-4,8H2,1-2H3,(H2,15,16)(H,17,20)(H,18,22). The fraction of sp³-hybridized carbons (Fsp3) is 0.429. The maximum atomic E-state index is 12.4. The number of aromatic nitrogens is 1. The molecule has 1 aliphatic rings. The van der Waals surface area contributed by atoms with E-state index in [9.17, 15) is 14.4 Å². The van der Waals surface area contributed by atoms with Gasteiger partial charge in [0.15, 0.2) is 0 Å². The highest BCUT2D eigenvalue weighted by atomic mass is 16.2. The van der Waals surface area contributed by atoms with Crippen LogP contribution in [-0.2, 0) is 9.59 Å². The average molecular weight is 305 g/mol. The Labute approximate surface area is 128 Å². The predicted octanol–water partition coefficient (Wildman–Crippen LogP) is 0.713. The molecule has 2 rings (SSSR count). The van der Waals surface area contributed by atoms with Gasteiger partial charge in [-0.2, -0.15) is 0 Å². The van der Waals surface area contributed by atoms with E-state index in [0.717, 1.165) is 4.90 Å². The summed E-state index contributed by atoms with van der Waals surface area (Å²) in [5.41, 5.74) is 5.00. The van der Waals surface area contributed by atoms with Gasteiger partial charge in [0.05, 0.1) is 11.9 Å². The van der Waals surface area contributed by atoms with Gasteiger partial charge < -0.3 is 16.4 Å². The van der Waals surface area contributed by atoms with E-state index in [1.165, 1.54) is 6.20 Å². The summed E-state index contributed by atoms with van der Waals surface area (Å²) in [4.78, 5) is 41.1. The van der Waals surface area contributed by atoms with Gasteiger partial charge in [-0.15, -0.1) is 0 Å². The van der Waals surface area contributed by atoms with Crippen molar-refractivity contribution in [2.75, 3.05) is 17.6 Å². The molecule has 0 atom stereocenters. The number of urea groups is 1. The molecule has 0 spiro atoms. The number of nitrogens with one attached hydrogen (secondary N) is 2. The van der Waals surface area contributed by atoms with Crippen LogP contribution < -0.4 is 16.4 Å². The SMILES string of the molecule is CCC1(CC)NC(=O)N(CC(=O)Nc2ccc(N)nc2)C1=O. The van der Waals surface area contributed by atoms with Gasteiger partial charge in [-0.05, 0) is 25.0 Å². The molecule has 0 aromatic carbocycles. The molecule has 22 heavy (non-hydrogen) atoms. The summed E-state index contributed by atoms with van der Waals surface area (Å²) in [7, 11) is 0. The Balaban J connectivity index is 2.04. The third-order valence-corrected chi connectivity index (χ3v) is 3.82. The summed E-state index contributed by atoms with van der Waals surface area (Å²) in [6.07, 6.45) is 2.36. The maximum absolute atomic E-state index is 12.4. The lowest BCUT2D eigenvalue weighted by Gasteiger charge is -2.22. The van der Waals surface area contributed by atoms with E-state index in [-0.39, 0.29) is 12.5 Å². The second kappa shape index (κ2) is 6.00. The van der Waals surface area contributed by atoms with Crippen molar-refractivity contribution in [2.24, 2.45) is 0 Å². The van der Waals surface area contributed by atoms with Gasteiger partial charge >= 0.3 is 6.03 Å². The number of amides is 4. The monoisotopic (exact) mass is 305 g/mol. The van der Waals surface area contributed by atoms with Gasteiger partial charge in [-0.3, -0.25) is 14.5 Å². The van der Waals surface area contributed by atoms with Crippen molar-refractivity contribution in [3.05, 3.63) is 18.3 Å². The third kappa shape index (κ3) is 2.85. The molecule has 118 valence electrons. The molecule has 0 bridgehead atoms. The minimum absolute atomic E-state index is 0.336. The summed E-state index contributed by atoms with van der Waals surface area (Å²) in [6, 6.07) is 2.59. The Hall–Kier alpha value is -2.64.